The number of hydrogen-bond acceptors (Lipinski definition) is 5. The normalized spacial score (nSPS) is 14.8. The largest absolute Gasteiger partial charge is 0.493 e. The standard InChI is InChI=1S/C28H36N2O5/c1-4-24(21-9-6-5-7-10-21)28(33)30-16-14-23(15-17-30)29-27(32)11-8-18-35-25-13-12-22(20(2)31)19-26(25)34-3/h5-7,9-10,12-13,19,23-24H,4,8,11,14-18H2,1-3H3,(H,29,32). The molecule has 7 heteroatoms. The fourth-order valence-corrected chi connectivity index (χ4v) is 4.42. The minimum absolute atomic E-state index is 0.00649. The predicted molar refractivity (Wildman–Crippen MR) is 135 cm³/mol. The molecule has 0 bridgehead atoms. The van der Waals surface area contributed by atoms with E-state index < -0.39 is 0 Å². The second-order valence-corrected chi connectivity index (χ2v) is 8.91. The first kappa shape index (κ1) is 26.3. The number of likely N-dealkylation sites (tertiary alicyclic amines) is 1. The van der Waals surface area contributed by atoms with Crippen LogP contribution >= 0.6 is 0 Å². The highest BCUT2D eigenvalue weighted by molar-refractivity contribution is 5.94. The third-order valence-electron chi connectivity index (χ3n) is 6.46. The Labute approximate surface area is 207 Å². The Morgan fingerprint density at radius 3 is 2.40 bits per heavy atom. The first-order valence-electron chi connectivity index (χ1n) is 12.4. The van der Waals surface area contributed by atoms with Gasteiger partial charge in [-0.2, -0.15) is 0 Å². The summed E-state index contributed by atoms with van der Waals surface area (Å²) in [6.07, 6.45) is 3.22. The molecule has 3 rings (SSSR count). The molecule has 0 aliphatic carbocycles. The van der Waals surface area contributed by atoms with E-state index in [-0.39, 0.29) is 29.6 Å². The Kier molecular flexibility index (Phi) is 9.70. The Bertz CT molecular complexity index is 1000. The molecule has 1 aliphatic rings. The van der Waals surface area contributed by atoms with Gasteiger partial charge in [0.2, 0.25) is 11.8 Å². The predicted octanol–water partition coefficient (Wildman–Crippen LogP) is 4.36. The maximum absolute atomic E-state index is 13.0. The molecule has 7 nitrogen and oxygen atoms in total. The van der Waals surface area contributed by atoms with Gasteiger partial charge in [-0.3, -0.25) is 14.4 Å². The molecule has 2 aromatic carbocycles. The molecule has 188 valence electrons. The maximum Gasteiger partial charge on any atom is 0.230 e. The highest BCUT2D eigenvalue weighted by Crippen LogP contribution is 2.28. The van der Waals surface area contributed by atoms with E-state index >= 15 is 0 Å². The maximum atomic E-state index is 13.0. The molecule has 1 atom stereocenters. The monoisotopic (exact) mass is 480 g/mol. The summed E-state index contributed by atoms with van der Waals surface area (Å²) in [5.74, 6) is 1.07. The van der Waals surface area contributed by atoms with Gasteiger partial charge in [0.1, 0.15) is 0 Å². The number of piperidine rings is 1. The number of nitrogens with one attached hydrogen (secondary N) is 1. The fraction of sp³-hybridized carbons (Fsp3) is 0.464. The zero-order valence-electron chi connectivity index (χ0n) is 20.9. The topological polar surface area (TPSA) is 84.9 Å². The van der Waals surface area contributed by atoms with Gasteiger partial charge in [0.05, 0.1) is 19.6 Å². The van der Waals surface area contributed by atoms with Crippen LogP contribution in [0.4, 0.5) is 0 Å². The van der Waals surface area contributed by atoms with Gasteiger partial charge in [0.25, 0.3) is 0 Å². The third kappa shape index (κ3) is 7.31. The minimum atomic E-state index is -0.111. The van der Waals surface area contributed by atoms with Crippen LogP contribution in [-0.4, -0.2) is 55.3 Å². The number of amides is 2. The van der Waals surface area contributed by atoms with E-state index in [1.807, 2.05) is 42.2 Å². The zero-order chi connectivity index (χ0) is 25.2. The summed E-state index contributed by atoms with van der Waals surface area (Å²) in [7, 11) is 1.53. The Balaban J connectivity index is 1.38. The molecule has 0 spiro atoms. The van der Waals surface area contributed by atoms with E-state index in [0.717, 1.165) is 24.8 Å². The van der Waals surface area contributed by atoms with Crippen molar-refractivity contribution in [2.75, 3.05) is 26.8 Å². The van der Waals surface area contributed by atoms with Crippen molar-refractivity contribution in [2.45, 2.75) is 57.9 Å². The number of nitrogens with zero attached hydrogens (tertiary/aromatic N) is 1. The number of carbonyl (C=O) groups excluding carboxylic acids is 3. The summed E-state index contributed by atoms with van der Waals surface area (Å²) < 4.78 is 11.1. The van der Waals surface area contributed by atoms with Crippen LogP contribution in [0.15, 0.2) is 48.5 Å². The molecule has 1 aliphatic heterocycles. The molecular formula is C28H36N2O5. The molecular weight excluding hydrogens is 444 g/mol. The SMILES string of the molecule is CCC(C(=O)N1CCC(NC(=O)CCCOc2ccc(C(C)=O)cc2OC)CC1)c1ccccc1. The number of Topliss-reactive ketones (excluding diaryl/α,β-unsaturated/α-hetero) is 1. The highest BCUT2D eigenvalue weighted by Gasteiger charge is 2.28. The van der Waals surface area contributed by atoms with Crippen LogP contribution in [0, 0.1) is 0 Å². The van der Waals surface area contributed by atoms with Crippen LogP contribution in [0.5, 0.6) is 11.5 Å². The number of hydrogen-bond donors (Lipinski definition) is 1. The quantitative estimate of drug-likeness (QED) is 0.382. The molecule has 35 heavy (non-hydrogen) atoms. The summed E-state index contributed by atoms with van der Waals surface area (Å²) >= 11 is 0. The third-order valence-corrected chi connectivity index (χ3v) is 6.46. The van der Waals surface area contributed by atoms with Crippen LogP contribution < -0.4 is 14.8 Å². The van der Waals surface area contributed by atoms with Gasteiger partial charge in [-0.25, -0.2) is 0 Å². The van der Waals surface area contributed by atoms with Crippen molar-refractivity contribution in [3.05, 3.63) is 59.7 Å². The van der Waals surface area contributed by atoms with Crippen LogP contribution in [0.2, 0.25) is 0 Å². The number of ketones is 1. The molecule has 1 heterocycles. The van der Waals surface area contributed by atoms with Crippen molar-refractivity contribution in [3.8, 4) is 11.5 Å². The molecule has 1 unspecified atom stereocenters. The van der Waals surface area contributed by atoms with Crippen molar-refractivity contribution in [1.29, 1.82) is 0 Å². The van der Waals surface area contributed by atoms with Crippen molar-refractivity contribution >= 4 is 17.6 Å². The van der Waals surface area contributed by atoms with E-state index in [4.69, 9.17) is 9.47 Å². The minimum Gasteiger partial charge on any atom is -0.493 e. The zero-order valence-corrected chi connectivity index (χ0v) is 20.9. The van der Waals surface area contributed by atoms with E-state index in [9.17, 15) is 14.4 Å². The second kappa shape index (κ2) is 12.9. The summed E-state index contributed by atoms with van der Waals surface area (Å²) in [5.41, 5.74) is 1.62. The number of methoxy groups -OCH3 is 1. The lowest BCUT2D eigenvalue weighted by atomic mass is 9.93. The van der Waals surface area contributed by atoms with Crippen LogP contribution in [0.3, 0.4) is 0 Å². The summed E-state index contributed by atoms with van der Waals surface area (Å²) in [6.45, 7) is 5.23. The van der Waals surface area contributed by atoms with Gasteiger partial charge in [-0.15, -0.1) is 0 Å². The van der Waals surface area contributed by atoms with Crippen LogP contribution in [0.1, 0.15) is 67.8 Å². The van der Waals surface area contributed by atoms with Crippen molar-refractivity contribution in [2.24, 2.45) is 0 Å². The summed E-state index contributed by atoms with van der Waals surface area (Å²) in [6, 6.07) is 15.1. The number of benzene rings is 2. The van der Waals surface area contributed by atoms with Gasteiger partial charge < -0.3 is 19.7 Å². The van der Waals surface area contributed by atoms with E-state index in [1.54, 1.807) is 18.2 Å². The van der Waals surface area contributed by atoms with E-state index in [0.29, 0.717) is 49.6 Å². The average Bonchev–Trinajstić information content (AvgIpc) is 2.88. The van der Waals surface area contributed by atoms with E-state index in [2.05, 4.69) is 5.32 Å². The molecule has 1 fully saturated rings. The van der Waals surface area contributed by atoms with Gasteiger partial charge in [-0.1, -0.05) is 37.3 Å². The average molecular weight is 481 g/mol. The van der Waals surface area contributed by atoms with Gasteiger partial charge in [-0.05, 0) is 56.4 Å². The molecule has 1 N–H and O–H groups in total. The highest BCUT2D eigenvalue weighted by atomic mass is 16.5. The van der Waals surface area contributed by atoms with Crippen molar-refractivity contribution in [3.63, 3.8) is 0 Å². The fourth-order valence-electron chi connectivity index (χ4n) is 4.42. The lowest BCUT2D eigenvalue weighted by molar-refractivity contribution is -0.134. The Morgan fingerprint density at radius 1 is 1.06 bits per heavy atom. The molecule has 0 saturated carbocycles. The van der Waals surface area contributed by atoms with Crippen molar-refractivity contribution in [1.82, 2.24) is 10.2 Å². The number of carbonyl (C=O) groups is 3. The first-order chi connectivity index (χ1) is 16.9. The molecule has 2 aromatic rings. The molecule has 1 saturated heterocycles. The smallest absolute Gasteiger partial charge is 0.230 e. The molecule has 2 amide bonds. The number of ether oxygens (including phenoxy) is 2. The summed E-state index contributed by atoms with van der Waals surface area (Å²) in [5, 5.41) is 3.10. The summed E-state index contributed by atoms with van der Waals surface area (Å²) in [4.78, 5) is 38.9. The first-order valence-corrected chi connectivity index (χ1v) is 12.4. The van der Waals surface area contributed by atoms with E-state index in [1.165, 1.54) is 14.0 Å². The van der Waals surface area contributed by atoms with Gasteiger partial charge in [0.15, 0.2) is 17.3 Å². The van der Waals surface area contributed by atoms with Gasteiger partial charge >= 0.3 is 0 Å². The van der Waals surface area contributed by atoms with Crippen LogP contribution in [0.25, 0.3) is 0 Å². The lowest BCUT2D eigenvalue weighted by Gasteiger charge is -2.34. The Hall–Kier alpha value is -3.35. The molecule has 0 aromatic heterocycles. The second-order valence-electron chi connectivity index (χ2n) is 8.91. The lowest BCUT2D eigenvalue weighted by Crippen LogP contribution is -2.47. The van der Waals surface area contributed by atoms with Crippen molar-refractivity contribution < 1.29 is 23.9 Å². The molecule has 0 radical (unpaired) electrons. The number of rotatable bonds is 11. The Morgan fingerprint density at radius 2 is 1.77 bits per heavy atom. The van der Waals surface area contributed by atoms with Gasteiger partial charge in [0, 0.05) is 31.1 Å². The van der Waals surface area contributed by atoms with Crippen LogP contribution in [-0.2, 0) is 9.59 Å².